The minimum Gasteiger partial charge on any atom is -0.495 e. The number of anilines is 1. The predicted octanol–water partition coefficient (Wildman–Crippen LogP) is 4.24. The van der Waals surface area contributed by atoms with Crippen LogP contribution in [0.3, 0.4) is 0 Å². The molecule has 1 heterocycles. The van der Waals surface area contributed by atoms with E-state index < -0.39 is 0 Å². The monoisotopic (exact) mass is 399 g/mol. The van der Waals surface area contributed by atoms with Crippen LogP contribution in [0.15, 0.2) is 64.2 Å². The van der Waals surface area contributed by atoms with Crippen molar-refractivity contribution in [2.45, 2.75) is 0 Å². The number of hydrogen-bond donors (Lipinski definition) is 0. The van der Waals surface area contributed by atoms with E-state index in [1.165, 1.54) is 0 Å². The predicted molar refractivity (Wildman–Crippen MR) is 109 cm³/mol. The van der Waals surface area contributed by atoms with E-state index in [9.17, 15) is 0 Å². The van der Waals surface area contributed by atoms with Crippen molar-refractivity contribution in [3.05, 3.63) is 64.6 Å². The maximum absolute atomic E-state index is 5.46. The molecule has 0 N–H and O–H groups in total. The number of piperazine rings is 1. The number of halogens is 1. The normalized spacial score (nSPS) is 15.7. The Balaban J connectivity index is 1.56. The van der Waals surface area contributed by atoms with Crippen LogP contribution in [0.4, 0.5) is 5.69 Å². The van der Waals surface area contributed by atoms with Crippen LogP contribution in [-0.4, -0.2) is 44.5 Å². The summed E-state index contributed by atoms with van der Waals surface area (Å²) >= 11 is 3.57. The lowest BCUT2D eigenvalue weighted by Crippen LogP contribution is -2.44. The molecular weight excluding hydrogens is 378 g/mol. The summed E-state index contributed by atoms with van der Waals surface area (Å²) in [6, 6.07) is 18.4. The summed E-state index contributed by atoms with van der Waals surface area (Å²) in [5.74, 6) is 0.924. The molecule has 1 aliphatic heterocycles. The number of benzene rings is 2. The summed E-state index contributed by atoms with van der Waals surface area (Å²) < 4.78 is 6.43. The SMILES string of the molecule is COc1ccccc1N1CCN(N=CC(Br)=Cc2ccccc2)CC1. The van der Waals surface area contributed by atoms with Gasteiger partial charge in [0.15, 0.2) is 0 Å². The van der Waals surface area contributed by atoms with Crippen LogP contribution >= 0.6 is 15.9 Å². The Morgan fingerprint density at radius 3 is 2.40 bits per heavy atom. The Labute approximate surface area is 157 Å². The minimum atomic E-state index is 0.889. The molecule has 4 nitrogen and oxygen atoms in total. The van der Waals surface area contributed by atoms with E-state index in [1.54, 1.807) is 7.11 Å². The molecule has 25 heavy (non-hydrogen) atoms. The second-order valence-electron chi connectivity index (χ2n) is 5.80. The fourth-order valence-electron chi connectivity index (χ4n) is 2.83. The zero-order valence-corrected chi connectivity index (χ0v) is 15.9. The van der Waals surface area contributed by atoms with E-state index in [4.69, 9.17) is 4.74 Å². The van der Waals surface area contributed by atoms with E-state index in [1.807, 2.05) is 42.6 Å². The van der Waals surface area contributed by atoms with Gasteiger partial charge in [0.2, 0.25) is 0 Å². The van der Waals surface area contributed by atoms with Gasteiger partial charge in [-0.25, -0.2) is 0 Å². The molecule has 3 rings (SSSR count). The molecular formula is C20H22BrN3O. The molecule has 0 unspecified atom stereocenters. The molecule has 0 aromatic heterocycles. The number of hydrogen-bond acceptors (Lipinski definition) is 4. The van der Waals surface area contributed by atoms with Crippen LogP contribution in [0.5, 0.6) is 5.75 Å². The first-order valence-electron chi connectivity index (χ1n) is 8.35. The zero-order valence-electron chi connectivity index (χ0n) is 14.3. The maximum Gasteiger partial charge on any atom is 0.142 e. The third-order valence-electron chi connectivity index (χ3n) is 4.13. The number of allylic oxidation sites excluding steroid dienone is 1. The van der Waals surface area contributed by atoms with Gasteiger partial charge in [-0.15, -0.1) is 0 Å². The molecule has 0 aliphatic carbocycles. The molecule has 0 bridgehead atoms. The molecule has 1 saturated heterocycles. The Bertz CT molecular complexity index is 738. The smallest absolute Gasteiger partial charge is 0.142 e. The van der Waals surface area contributed by atoms with Crippen molar-refractivity contribution < 1.29 is 4.74 Å². The number of methoxy groups -OCH3 is 1. The summed E-state index contributed by atoms with van der Waals surface area (Å²) in [6.45, 7) is 3.63. The summed E-state index contributed by atoms with van der Waals surface area (Å²) in [7, 11) is 1.72. The van der Waals surface area contributed by atoms with Crippen molar-refractivity contribution in [1.82, 2.24) is 5.01 Å². The molecule has 0 saturated carbocycles. The molecule has 0 atom stereocenters. The van der Waals surface area contributed by atoms with Gasteiger partial charge in [0.05, 0.1) is 32.1 Å². The third kappa shape index (κ3) is 4.86. The van der Waals surface area contributed by atoms with E-state index in [0.29, 0.717) is 0 Å². The topological polar surface area (TPSA) is 28.1 Å². The summed E-state index contributed by atoms with van der Waals surface area (Å²) in [4.78, 5) is 2.35. The number of nitrogens with zero attached hydrogens (tertiary/aromatic N) is 3. The minimum absolute atomic E-state index is 0.889. The van der Waals surface area contributed by atoms with Crippen molar-refractivity contribution in [3.8, 4) is 5.75 Å². The lowest BCUT2D eigenvalue weighted by atomic mass is 10.2. The van der Waals surface area contributed by atoms with Gasteiger partial charge < -0.3 is 9.64 Å². The summed E-state index contributed by atoms with van der Waals surface area (Å²) in [6.07, 6.45) is 3.93. The van der Waals surface area contributed by atoms with Crippen molar-refractivity contribution >= 4 is 33.9 Å². The number of para-hydroxylation sites is 2. The molecule has 0 amide bonds. The average Bonchev–Trinajstić information content (AvgIpc) is 2.67. The first-order valence-corrected chi connectivity index (χ1v) is 9.15. The van der Waals surface area contributed by atoms with Gasteiger partial charge in [0, 0.05) is 17.6 Å². The van der Waals surface area contributed by atoms with Crippen molar-refractivity contribution in [2.24, 2.45) is 5.10 Å². The molecule has 5 heteroatoms. The fraction of sp³-hybridized carbons (Fsp3) is 0.250. The largest absolute Gasteiger partial charge is 0.495 e. The van der Waals surface area contributed by atoms with Gasteiger partial charge in [-0.3, -0.25) is 5.01 Å². The first-order chi connectivity index (χ1) is 12.3. The summed E-state index contributed by atoms with van der Waals surface area (Å²) in [5, 5.41) is 6.69. The Morgan fingerprint density at radius 2 is 1.68 bits per heavy atom. The highest BCUT2D eigenvalue weighted by Crippen LogP contribution is 2.28. The molecule has 130 valence electrons. The molecule has 2 aromatic carbocycles. The quantitative estimate of drug-likeness (QED) is 0.703. The Morgan fingerprint density at radius 1 is 1.00 bits per heavy atom. The van der Waals surface area contributed by atoms with Gasteiger partial charge >= 0.3 is 0 Å². The highest BCUT2D eigenvalue weighted by atomic mass is 79.9. The van der Waals surface area contributed by atoms with Crippen molar-refractivity contribution in [2.75, 3.05) is 38.2 Å². The second-order valence-corrected chi connectivity index (χ2v) is 6.71. The maximum atomic E-state index is 5.46. The van der Waals surface area contributed by atoms with Crippen molar-refractivity contribution in [1.29, 1.82) is 0 Å². The van der Waals surface area contributed by atoms with Gasteiger partial charge in [0.1, 0.15) is 5.75 Å². The van der Waals surface area contributed by atoms with Gasteiger partial charge in [0.25, 0.3) is 0 Å². The van der Waals surface area contributed by atoms with E-state index in [-0.39, 0.29) is 0 Å². The molecule has 0 spiro atoms. The average molecular weight is 400 g/mol. The van der Waals surface area contributed by atoms with Crippen LogP contribution in [0.25, 0.3) is 6.08 Å². The van der Waals surface area contributed by atoms with E-state index in [2.05, 4.69) is 55.2 Å². The van der Waals surface area contributed by atoms with Crippen LogP contribution < -0.4 is 9.64 Å². The fourth-order valence-corrected chi connectivity index (χ4v) is 3.18. The highest BCUT2D eigenvalue weighted by molar-refractivity contribution is 9.12. The molecule has 0 radical (unpaired) electrons. The standard InChI is InChI=1S/C20H22BrN3O/c1-25-20-10-6-5-9-19(20)23-11-13-24(14-12-23)22-16-18(21)15-17-7-3-2-4-8-17/h2-10,15-16H,11-14H2,1H3. The van der Waals surface area contributed by atoms with E-state index >= 15 is 0 Å². The van der Waals surface area contributed by atoms with Gasteiger partial charge in [-0.1, -0.05) is 42.5 Å². The first kappa shape index (κ1) is 17.5. The second kappa shape index (κ2) is 8.72. The van der Waals surface area contributed by atoms with Crippen LogP contribution in [0, 0.1) is 0 Å². The Kier molecular flexibility index (Phi) is 6.12. The van der Waals surface area contributed by atoms with E-state index in [0.717, 1.165) is 47.7 Å². The van der Waals surface area contributed by atoms with Crippen LogP contribution in [0.1, 0.15) is 5.56 Å². The summed E-state index contributed by atoms with van der Waals surface area (Å²) in [5.41, 5.74) is 2.31. The molecule has 1 aliphatic rings. The molecule has 2 aromatic rings. The zero-order chi connectivity index (χ0) is 17.5. The van der Waals surface area contributed by atoms with Gasteiger partial charge in [-0.2, -0.15) is 5.10 Å². The van der Waals surface area contributed by atoms with Crippen LogP contribution in [0.2, 0.25) is 0 Å². The number of hydrazone groups is 1. The lowest BCUT2D eigenvalue weighted by molar-refractivity contribution is 0.271. The highest BCUT2D eigenvalue weighted by Gasteiger charge is 2.18. The van der Waals surface area contributed by atoms with Crippen LogP contribution in [-0.2, 0) is 0 Å². The van der Waals surface area contributed by atoms with Crippen molar-refractivity contribution in [3.63, 3.8) is 0 Å². The Hall–Kier alpha value is -2.27. The number of ether oxygens (including phenoxy) is 1. The molecule has 1 fully saturated rings. The third-order valence-corrected chi connectivity index (χ3v) is 4.56. The number of rotatable bonds is 5. The lowest BCUT2D eigenvalue weighted by Gasteiger charge is -2.35. The van der Waals surface area contributed by atoms with Gasteiger partial charge in [-0.05, 0) is 39.7 Å².